The molecule has 4 rings (SSSR count). The van der Waals surface area contributed by atoms with E-state index < -0.39 is 5.69 Å². The zero-order valence-electron chi connectivity index (χ0n) is 21.4. The Morgan fingerprint density at radius 3 is 2.51 bits per heavy atom. The Hall–Kier alpha value is -3.26. The molecule has 0 bridgehead atoms. The summed E-state index contributed by atoms with van der Waals surface area (Å²) in [5, 5.41) is 3.54. The Morgan fingerprint density at radius 2 is 1.80 bits per heavy atom. The molecule has 0 aliphatic carbocycles. The van der Waals surface area contributed by atoms with Gasteiger partial charge >= 0.3 is 5.69 Å². The molecule has 0 spiro atoms. The number of amides is 1. The van der Waals surface area contributed by atoms with Crippen LogP contribution in [0.2, 0.25) is 0 Å². The van der Waals surface area contributed by atoms with Gasteiger partial charge in [0.2, 0.25) is 5.91 Å². The molecule has 1 aromatic carbocycles. The summed E-state index contributed by atoms with van der Waals surface area (Å²) >= 11 is 0. The summed E-state index contributed by atoms with van der Waals surface area (Å²) in [6.45, 7) is 9.50. The lowest BCUT2D eigenvalue weighted by atomic mass is 9.99. The molecule has 186 valence electrons. The number of rotatable bonds is 7. The molecule has 1 N–H and O–H groups in total. The molecular formula is C27H35N5O3. The van der Waals surface area contributed by atoms with Crippen molar-refractivity contribution < 1.29 is 4.79 Å². The molecule has 0 radical (unpaired) electrons. The van der Waals surface area contributed by atoms with Gasteiger partial charge < -0.3 is 5.32 Å². The fraction of sp³-hybridized carbons (Fsp3) is 0.481. The average Bonchev–Trinajstić information content (AvgIpc) is 3.28. The number of pyridine rings is 1. The first-order chi connectivity index (χ1) is 16.7. The van der Waals surface area contributed by atoms with E-state index >= 15 is 0 Å². The van der Waals surface area contributed by atoms with Crippen molar-refractivity contribution >= 4 is 16.9 Å². The van der Waals surface area contributed by atoms with Crippen molar-refractivity contribution in [1.82, 2.24) is 24.3 Å². The van der Waals surface area contributed by atoms with Crippen molar-refractivity contribution in [2.24, 2.45) is 20.0 Å². The summed E-state index contributed by atoms with van der Waals surface area (Å²) in [5.41, 5.74) is 4.66. The van der Waals surface area contributed by atoms with Gasteiger partial charge in [0.15, 0.2) is 0 Å². The number of aromatic nitrogens is 3. The third-order valence-corrected chi connectivity index (χ3v) is 7.26. The lowest BCUT2D eigenvalue weighted by Gasteiger charge is -2.17. The average molecular weight is 478 g/mol. The highest BCUT2D eigenvalue weighted by atomic mass is 16.2. The number of benzene rings is 1. The van der Waals surface area contributed by atoms with Crippen molar-refractivity contribution in [2.45, 2.75) is 46.6 Å². The first-order valence-corrected chi connectivity index (χ1v) is 12.3. The predicted octanol–water partition coefficient (Wildman–Crippen LogP) is 2.13. The summed E-state index contributed by atoms with van der Waals surface area (Å²) in [5.74, 6) is 0.466. The summed E-state index contributed by atoms with van der Waals surface area (Å²) in [6, 6.07) is 8.67. The minimum atomic E-state index is -0.398. The maximum Gasteiger partial charge on any atom is 0.332 e. The van der Waals surface area contributed by atoms with Crippen LogP contribution in [-0.2, 0) is 31.9 Å². The number of nitrogens with one attached hydrogen (secondary N) is 1. The molecule has 35 heavy (non-hydrogen) atoms. The number of nitrogens with zero attached hydrogens (tertiary/aromatic N) is 4. The van der Waals surface area contributed by atoms with Crippen molar-refractivity contribution in [3.05, 3.63) is 73.1 Å². The first-order valence-electron chi connectivity index (χ1n) is 12.3. The second kappa shape index (κ2) is 10.2. The number of carbonyl (C=O) groups excluding carboxylic acids is 1. The number of carbonyl (C=O) groups is 1. The molecule has 2 aromatic heterocycles. The van der Waals surface area contributed by atoms with Gasteiger partial charge in [0.05, 0.1) is 5.39 Å². The Kier molecular flexibility index (Phi) is 7.21. The number of hydrogen-bond acceptors (Lipinski definition) is 5. The van der Waals surface area contributed by atoms with Gasteiger partial charge in [-0.3, -0.25) is 23.6 Å². The van der Waals surface area contributed by atoms with E-state index in [1.165, 1.54) is 22.7 Å². The number of fused-ring (bicyclic) bond motifs is 1. The molecule has 3 aromatic rings. The summed E-state index contributed by atoms with van der Waals surface area (Å²) < 4.78 is 2.50. The fourth-order valence-corrected chi connectivity index (χ4v) is 5.07. The van der Waals surface area contributed by atoms with E-state index in [2.05, 4.69) is 46.4 Å². The van der Waals surface area contributed by atoms with Crippen LogP contribution in [0.25, 0.3) is 11.0 Å². The van der Waals surface area contributed by atoms with Crippen molar-refractivity contribution in [2.75, 3.05) is 19.6 Å². The van der Waals surface area contributed by atoms with Crippen LogP contribution in [0.4, 0.5) is 0 Å². The normalized spacial score (nSPS) is 16.2. The van der Waals surface area contributed by atoms with Crippen LogP contribution in [0, 0.1) is 26.7 Å². The second-order valence-electron chi connectivity index (χ2n) is 9.88. The van der Waals surface area contributed by atoms with E-state index in [1.807, 2.05) is 13.8 Å². The Balaban J connectivity index is 1.34. The molecule has 0 unspecified atom stereocenters. The maximum atomic E-state index is 12.8. The van der Waals surface area contributed by atoms with E-state index in [1.54, 1.807) is 7.05 Å². The fourth-order valence-electron chi connectivity index (χ4n) is 5.07. The SMILES string of the molecule is Cc1ccc(CN2CC[C@@H](CNC(=O)CCc3c(C)nc4c(c3C)c(=O)n(C)c(=O)n4C)C2)cc1. The van der Waals surface area contributed by atoms with Crippen LogP contribution in [-0.4, -0.2) is 44.6 Å². The number of likely N-dealkylation sites (tertiary alicyclic amines) is 1. The molecule has 1 atom stereocenters. The van der Waals surface area contributed by atoms with Crippen LogP contribution in [0.3, 0.4) is 0 Å². The molecule has 8 heteroatoms. The lowest BCUT2D eigenvalue weighted by Crippen LogP contribution is -2.38. The molecule has 8 nitrogen and oxygen atoms in total. The van der Waals surface area contributed by atoms with E-state index in [9.17, 15) is 14.4 Å². The van der Waals surface area contributed by atoms with Gasteiger partial charge in [0.25, 0.3) is 5.56 Å². The Morgan fingerprint density at radius 1 is 1.09 bits per heavy atom. The Labute approximate surface area is 205 Å². The van der Waals surface area contributed by atoms with E-state index in [0.29, 0.717) is 36.3 Å². The molecular weight excluding hydrogens is 442 g/mol. The zero-order chi connectivity index (χ0) is 25.3. The molecule has 1 amide bonds. The largest absolute Gasteiger partial charge is 0.356 e. The van der Waals surface area contributed by atoms with Gasteiger partial charge in [0.1, 0.15) is 5.65 Å². The van der Waals surface area contributed by atoms with Gasteiger partial charge in [-0.25, -0.2) is 9.78 Å². The highest BCUT2D eigenvalue weighted by Crippen LogP contribution is 2.21. The molecule has 1 fully saturated rings. The highest BCUT2D eigenvalue weighted by molar-refractivity contribution is 5.80. The Bertz CT molecular complexity index is 1370. The van der Waals surface area contributed by atoms with E-state index in [0.717, 1.165) is 47.4 Å². The van der Waals surface area contributed by atoms with Crippen molar-refractivity contribution in [3.8, 4) is 0 Å². The standard InChI is InChI=1S/C27H35N5O3/c1-17-6-8-20(9-7-17)15-32-13-12-21(16-32)14-28-23(33)11-10-22-18(2)24-25(29-19(22)3)30(4)27(35)31(5)26(24)34/h6-9,21H,10-16H2,1-5H3,(H,28,33)/t21-/m0/s1. The van der Waals surface area contributed by atoms with Gasteiger partial charge in [-0.15, -0.1) is 0 Å². The number of hydrogen-bond donors (Lipinski definition) is 1. The quantitative estimate of drug-likeness (QED) is 0.563. The summed E-state index contributed by atoms with van der Waals surface area (Å²) in [6.07, 6.45) is 1.92. The van der Waals surface area contributed by atoms with Gasteiger partial charge in [-0.05, 0) is 62.8 Å². The van der Waals surface area contributed by atoms with Gasteiger partial charge in [0, 0.05) is 45.8 Å². The van der Waals surface area contributed by atoms with Crippen LogP contribution in [0.15, 0.2) is 33.9 Å². The molecule has 0 saturated carbocycles. The van der Waals surface area contributed by atoms with Crippen LogP contribution in [0.5, 0.6) is 0 Å². The first kappa shape index (κ1) is 24.9. The van der Waals surface area contributed by atoms with Gasteiger partial charge in [-0.2, -0.15) is 0 Å². The van der Waals surface area contributed by atoms with Crippen LogP contribution < -0.4 is 16.6 Å². The second-order valence-corrected chi connectivity index (χ2v) is 9.88. The molecule has 3 heterocycles. The lowest BCUT2D eigenvalue weighted by molar-refractivity contribution is -0.121. The van der Waals surface area contributed by atoms with E-state index in [4.69, 9.17) is 0 Å². The maximum absolute atomic E-state index is 12.8. The highest BCUT2D eigenvalue weighted by Gasteiger charge is 2.23. The van der Waals surface area contributed by atoms with Crippen LogP contribution >= 0.6 is 0 Å². The third-order valence-electron chi connectivity index (χ3n) is 7.26. The summed E-state index contributed by atoms with van der Waals surface area (Å²) in [4.78, 5) is 44.6. The summed E-state index contributed by atoms with van der Waals surface area (Å²) in [7, 11) is 3.09. The topological polar surface area (TPSA) is 89.2 Å². The van der Waals surface area contributed by atoms with Crippen molar-refractivity contribution in [1.29, 1.82) is 0 Å². The smallest absolute Gasteiger partial charge is 0.332 e. The molecule has 1 aliphatic heterocycles. The zero-order valence-corrected chi connectivity index (χ0v) is 21.4. The number of aryl methyl sites for hydroxylation is 4. The third kappa shape index (κ3) is 5.22. The molecule has 1 saturated heterocycles. The minimum Gasteiger partial charge on any atom is -0.356 e. The van der Waals surface area contributed by atoms with Gasteiger partial charge in [-0.1, -0.05) is 29.8 Å². The van der Waals surface area contributed by atoms with Crippen LogP contribution in [0.1, 0.15) is 40.8 Å². The minimum absolute atomic E-state index is 0.00856. The monoisotopic (exact) mass is 477 g/mol. The predicted molar refractivity (Wildman–Crippen MR) is 138 cm³/mol. The van der Waals surface area contributed by atoms with Crippen molar-refractivity contribution in [3.63, 3.8) is 0 Å². The van der Waals surface area contributed by atoms with E-state index in [-0.39, 0.29) is 11.5 Å². The molecule has 1 aliphatic rings.